The number of para-hydroxylation sites is 1. The Morgan fingerprint density at radius 1 is 1.10 bits per heavy atom. The fraction of sp³-hybridized carbons (Fsp3) is 0.0556. The minimum Gasteiger partial charge on any atom is -0.496 e. The standard InChI is InChI=1S/C18H14N2O/c1-21-18-11-5-10-17-16(18)13-15(9-6-12-19)20(17)14-7-3-2-4-8-14/h2-11,13H,1H3/b9-6+. The summed E-state index contributed by atoms with van der Waals surface area (Å²) in [6.07, 6.45) is 3.30. The summed E-state index contributed by atoms with van der Waals surface area (Å²) in [6, 6.07) is 20.1. The van der Waals surface area contributed by atoms with E-state index in [4.69, 9.17) is 10.00 Å². The van der Waals surface area contributed by atoms with Crippen LogP contribution in [0.2, 0.25) is 0 Å². The summed E-state index contributed by atoms with van der Waals surface area (Å²) in [5, 5.41) is 9.82. The zero-order chi connectivity index (χ0) is 14.7. The Morgan fingerprint density at radius 3 is 2.62 bits per heavy atom. The molecular weight excluding hydrogens is 260 g/mol. The van der Waals surface area contributed by atoms with Crippen LogP contribution in [-0.4, -0.2) is 11.7 Å². The molecule has 0 saturated heterocycles. The smallest absolute Gasteiger partial charge is 0.128 e. The summed E-state index contributed by atoms with van der Waals surface area (Å²) >= 11 is 0. The van der Waals surface area contributed by atoms with Crippen LogP contribution in [0.1, 0.15) is 5.69 Å². The second-order valence-electron chi connectivity index (χ2n) is 4.60. The van der Waals surface area contributed by atoms with Gasteiger partial charge >= 0.3 is 0 Å². The van der Waals surface area contributed by atoms with Crippen LogP contribution in [0.3, 0.4) is 0 Å². The number of methoxy groups -OCH3 is 1. The Hall–Kier alpha value is -2.99. The van der Waals surface area contributed by atoms with Crippen molar-refractivity contribution in [3.63, 3.8) is 0 Å². The quantitative estimate of drug-likeness (QED) is 0.672. The number of hydrogen-bond acceptors (Lipinski definition) is 2. The molecule has 0 aliphatic carbocycles. The molecule has 3 aromatic rings. The lowest BCUT2D eigenvalue weighted by atomic mass is 10.2. The van der Waals surface area contributed by atoms with Gasteiger partial charge < -0.3 is 9.30 Å². The second kappa shape index (κ2) is 5.56. The van der Waals surface area contributed by atoms with Crippen LogP contribution in [0.5, 0.6) is 5.75 Å². The van der Waals surface area contributed by atoms with Crippen molar-refractivity contribution in [1.29, 1.82) is 5.26 Å². The van der Waals surface area contributed by atoms with Gasteiger partial charge in [0.25, 0.3) is 0 Å². The van der Waals surface area contributed by atoms with E-state index in [2.05, 4.69) is 10.6 Å². The molecule has 0 spiro atoms. The maximum absolute atomic E-state index is 8.79. The van der Waals surface area contributed by atoms with Crippen LogP contribution in [0.15, 0.2) is 60.7 Å². The topological polar surface area (TPSA) is 37.9 Å². The highest BCUT2D eigenvalue weighted by molar-refractivity contribution is 5.91. The van der Waals surface area contributed by atoms with E-state index >= 15 is 0 Å². The van der Waals surface area contributed by atoms with E-state index in [1.54, 1.807) is 7.11 Å². The Balaban J connectivity index is 2.34. The zero-order valence-corrected chi connectivity index (χ0v) is 11.7. The first-order chi connectivity index (χ1) is 10.3. The van der Waals surface area contributed by atoms with Gasteiger partial charge in [0.15, 0.2) is 0 Å². The second-order valence-corrected chi connectivity index (χ2v) is 4.60. The normalized spacial score (nSPS) is 10.9. The molecule has 0 atom stereocenters. The summed E-state index contributed by atoms with van der Waals surface area (Å²) in [5.74, 6) is 0.828. The first kappa shape index (κ1) is 13.0. The Kier molecular flexibility index (Phi) is 3.44. The lowest BCUT2D eigenvalue weighted by molar-refractivity contribution is 0.420. The van der Waals surface area contributed by atoms with Gasteiger partial charge in [-0.1, -0.05) is 24.3 Å². The van der Waals surface area contributed by atoms with Crippen molar-refractivity contribution in [3.05, 3.63) is 66.4 Å². The lowest BCUT2D eigenvalue weighted by Crippen LogP contribution is -1.95. The van der Waals surface area contributed by atoms with Crippen molar-refractivity contribution in [2.45, 2.75) is 0 Å². The number of fused-ring (bicyclic) bond motifs is 1. The van der Waals surface area contributed by atoms with Gasteiger partial charge in [-0.05, 0) is 36.4 Å². The van der Waals surface area contributed by atoms with Crippen molar-refractivity contribution < 1.29 is 4.74 Å². The summed E-state index contributed by atoms with van der Waals surface area (Å²) in [6.45, 7) is 0. The summed E-state index contributed by atoms with van der Waals surface area (Å²) < 4.78 is 7.55. The monoisotopic (exact) mass is 274 g/mol. The largest absolute Gasteiger partial charge is 0.496 e. The van der Waals surface area contributed by atoms with E-state index in [0.29, 0.717) is 0 Å². The molecule has 21 heavy (non-hydrogen) atoms. The molecule has 0 amide bonds. The minimum atomic E-state index is 0.828. The van der Waals surface area contributed by atoms with E-state index < -0.39 is 0 Å². The number of allylic oxidation sites excluding steroid dienone is 1. The number of hydrogen-bond donors (Lipinski definition) is 0. The van der Waals surface area contributed by atoms with Gasteiger partial charge in [0, 0.05) is 22.8 Å². The van der Waals surface area contributed by atoms with E-state index in [-0.39, 0.29) is 0 Å². The van der Waals surface area contributed by atoms with Gasteiger partial charge in [0.05, 0.1) is 18.7 Å². The molecule has 0 aliphatic rings. The van der Waals surface area contributed by atoms with E-state index in [1.807, 2.05) is 60.7 Å². The molecule has 0 fully saturated rings. The first-order valence-corrected chi connectivity index (χ1v) is 6.65. The van der Waals surface area contributed by atoms with Gasteiger partial charge in [-0.25, -0.2) is 0 Å². The van der Waals surface area contributed by atoms with Crippen molar-refractivity contribution in [2.24, 2.45) is 0 Å². The minimum absolute atomic E-state index is 0.828. The van der Waals surface area contributed by atoms with Crippen LogP contribution in [0.25, 0.3) is 22.7 Å². The molecule has 0 N–H and O–H groups in total. The van der Waals surface area contributed by atoms with Crippen molar-refractivity contribution in [2.75, 3.05) is 7.11 Å². The third-order valence-corrected chi connectivity index (χ3v) is 3.40. The highest BCUT2D eigenvalue weighted by Crippen LogP contribution is 2.31. The maximum atomic E-state index is 8.79. The predicted molar refractivity (Wildman–Crippen MR) is 84.5 cm³/mol. The first-order valence-electron chi connectivity index (χ1n) is 6.65. The SMILES string of the molecule is COc1cccc2c1cc(/C=C/C#N)n2-c1ccccc1. The average Bonchev–Trinajstić information content (AvgIpc) is 2.92. The fourth-order valence-electron chi connectivity index (χ4n) is 2.51. The molecule has 0 unspecified atom stereocenters. The van der Waals surface area contributed by atoms with Gasteiger partial charge in [0.1, 0.15) is 5.75 Å². The Labute approximate surface area is 123 Å². The molecule has 0 radical (unpaired) electrons. The average molecular weight is 274 g/mol. The molecule has 1 heterocycles. The molecule has 0 saturated carbocycles. The van der Waals surface area contributed by atoms with E-state index in [1.165, 1.54) is 6.08 Å². The lowest BCUT2D eigenvalue weighted by Gasteiger charge is -2.09. The van der Waals surface area contributed by atoms with E-state index in [9.17, 15) is 0 Å². The Bertz CT molecular complexity index is 839. The van der Waals surface area contributed by atoms with Crippen LogP contribution in [-0.2, 0) is 0 Å². The Morgan fingerprint density at radius 2 is 1.90 bits per heavy atom. The number of ether oxygens (including phenoxy) is 1. The number of benzene rings is 2. The summed E-state index contributed by atoms with van der Waals surface area (Å²) in [7, 11) is 1.67. The van der Waals surface area contributed by atoms with Gasteiger partial charge in [-0.15, -0.1) is 0 Å². The zero-order valence-electron chi connectivity index (χ0n) is 11.7. The van der Waals surface area contributed by atoms with E-state index in [0.717, 1.165) is 28.0 Å². The molecule has 1 aromatic heterocycles. The number of rotatable bonds is 3. The predicted octanol–water partition coefficient (Wildman–Crippen LogP) is 4.18. The fourth-order valence-corrected chi connectivity index (χ4v) is 2.51. The van der Waals surface area contributed by atoms with Gasteiger partial charge in [-0.2, -0.15) is 5.26 Å². The van der Waals surface area contributed by atoms with Crippen molar-refractivity contribution >= 4 is 17.0 Å². The molecule has 2 aromatic carbocycles. The summed E-state index contributed by atoms with van der Waals surface area (Å²) in [4.78, 5) is 0. The number of nitriles is 1. The van der Waals surface area contributed by atoms with Crippen LogP contribution < -0.4 is 4.74 Å². The maximum Gasteiger partial charge on any atom is 0.128 e. The molecule has 0 aliphatic heterocycles. The number of nitrogens with zero attached hydrogens (tertiary/aromatic N) is 2. The van der Waals surface area contributed by atoms with Gasteiger partial charge in [-0.3, -0.25) is 0 Å². The third kappa shape index (κ3) is 2.28. The summed E-state index contributed by atoms with van der Waals surface area (Å²) in [5.41, 5.74) is 3.05. The van der Waals surface area contributed by atoms with Crippen molar-refractivity contribution in [3.8, 4) is 17.5 Å². The number of aromatic nitrogens is 1. The third-order valence-electron chi connectivity index (χ3n) is 3.40. The highest BCUT2D eigenvalue weighted by atomic mass is 16.5. The van der Waals surface area contributed by atoms with Crippen LogP contribution >= 0.6 is 0 Å². The molecule has 0 bridgehead atoms. The molecule has 3 rings (SSSR count). The molecule has 3 nitrogen and oxygen atoms in total. The molecule has 3 heteroatoms. The van der Waals surface area contributed by atoms with Crippen molar-refractivity contribution in [1.82, 2.24) is 4.57 Å². The van der Waals surface area contributed by atoms with Gasteiger partial charge in [0.2, 0.25) is 0 Å². The van der Waals surface area contributed by atoms with Crippen LogP contribution in [0.4, 0.5) is 0 Å². The molecule has 102 valence electrons. The highest BCUT2D eigenvalue weighted by Gasteiger charge is 2.11. The molecular formula is C18H14N2O. The van der Waals surface area contributed by atoms with Crippen LogP contribution in [0, 0.1) is 11.3 Å².